The molecule has 11 heteroatoms. The zero-order chi connectivity index (χ0) is 29.9. The number of aryl methyl sites for hydroxylation is 1. The van der Waals surface area contributed by atoms with Crippen LogP contribution in [0.1, 0.15) is 66.3 Å². The van der Waals surface area contributed by atoms with Crippen LogP contribution in [0, 0.1) is 12.8 Å². The highest BCUT2D eigenvalue weighted by molar-refractivity contribution is 5.77. The second kappa shape index (κ2) is 12.4. The van der Waals surface area contributed by atoms with Crippen LogP contribution in [0.2, 0.25) is 0 Å². The van der Waals surface area contributed by atoms with Gasteiger partial charge >= 0.3 is 12.4 Å². The van der Waals surface area contributed by atoms with Crippen LogP contribution in [-0.4, -0.2) is 53.9 Å². The van der Waals surface area contributed by atoms with Gasteiger partial charge in [-0.1, -0.05) is 24.3 Å². The van der Waals surface area contributed by atoms with Crippen LogP contribution in [-0.2, 0) is 33.3 Å². The van der Waals surface area contributed by atoms with Gasteiger partial charge in [0.2, 0.25) is 11.8 Å². The number of piperidine rings is 2. The van der Waals surface area contributed by atoms with Crippen molar-refractivity contribution in [3.63, 3.8) is 0 Å². The third kappa shape index (κ3) is 7.81. The van der Waals surface area contributed by atoms with Crippen LogP contribution in [0.25, 0.3) is 0 Å². The molecule has 0 radical (unpaired) electrons. The molecular formula is C30H34F6N2O3. The molecule has 2 atom stereocenters. The zero-order valence-electron chi connectivity index (χ0n) is 23.0. The molecule has 41 heavy (non-hydrogen) atoms. The summed E-state index contributed by atoms with van der Waals surface area (Å²) >= 11 is 0. The SMILES string of the molecule is CC(=O)N1CCC(CC(=O)N2CC[C@@H](c3ccccc3C)[C@@H](OCc3cc(C(F)(F)F)cc(C(F)(F)F)c3)C2)CC1. The van der Waals surface area contributed by atoms with E-state index in [-0.39, 0.29) is 41.8 Å². The first-order valence-electron chi connectivity index (χ1n) is 13.7. The minimum Gasteiger partial charge on any atom is -0.371 e. The van der Waals surface area contributed by atoms with Crippen molar-refractivity contribution in [1.29, 1.82) is 0 Å². The maximum absolute atomic E-state index is 13.4. The Labute approximate surface area is 235 Å². The van der Waals surface area contributed by atoms with Crippen LogP contribution in [0.5, 0.6) is 0 Å². The van der Waals surface area contributed by atoms with Gasteiger partial charge < -0.3 is 14.5 Å². The molecule has 5 nitrogen and oxygen atoms in total. The molecule has 0 unspecified atom stereocenters. The van der Waals surface area contributed by atoms with E-state index in [9.17, 15) is 35.9 Å². The van der Waals surface area contributed by atoms with Gasteiger partial charge in [-0.3, -0.25) is 9.59 Å². The average molecular weight is 585 g/mol. The molecule has 2 amide bonds. The summed E-state index contributed by atoms with van der Waals surface area (Å²) in [6.45, 7) is 4.83. The highest BCUT2D eigenvalue weighted by Crippen LogP contribution is 2.38. The second-order valence-electron chi connectivity index (χ2n) is 11.0. The number of hydrogen-bond donors (Lipinski definition) is 0. The molecule has 2 aromatic carbocycles. The van der Waals surface area contributed by atoms with Crippen molar-refractivity contribution in [2.45, 2.75) is 70.5 Å². The lowest BCUT2D eigenvalue weighted by atomic mass is 9.84. The van der Waals surface area contributed by atoms with Crippen molar-refractivity contribution in [2.75, 3.05) is 26.2 Å². The summed E-state index contributed by atoms with van der Waals surface area (Å²) in [5.74, 6) is -0.109. The summed E-state index contributed by atoms with van der Waals surface area (Å²) in [4.78, 5) is 28.3. The normalized spacial score (nSPS) is 20.8. The molecule has 4 rings (SSSR count). The van der Waals surface area contributed by atoms with E-state index in [2.05, 4.69) is 0 Å². The Kier molecular flexibility index (Phi) is 9.35. The Morgan fingerprint density at radius 2 is 1.46 bits per heavy atom. The van der Waals surface area contributed by atoms with Gasteiger partial charge in [0.25, 0.3) is 0 Å². The minimum atomic E-state index is -4.95. The van der Waals surface area contributed by atoms with E-state index >= 15 is 0 Å². The predicted molar refractivity (Wildman–Crippen MR) is 140 cm³/mol. The van der Waals surface area contributed by atoms with Gasteiger partial charge in [0.1, 0.15) is 0 Å². The number of hydrogen-bond acceptors (Lipinski definition) is 3. The summed E-state index contributed by atoms with van der Waals surface area (Å²) < 4.78 is 86.3. The zero-order valence-corrected chi connectivity index (χ0v) is 23.0. The van der Waals surface area contributed by atoms with E-state index in [1.54, 1.807) is 9.80 Å². The van der Waals surface area contributed by atoms with E-state index in [4.69, 9.17) is 4.74 Å². The number of benzene rings is 2. The third-order valence-corrected chi connectivity index (χ3v) is 8.13. The fourth-order valence-corrected chi connectivity index (χ4v) is 5.80. The van der Waals surface area contributed by atoms with Gasteiger partial charge in [0.15, 0.2) is 0 Å². The Hall–Kier alpha value is -3.08. The Morgan fingerprint density at radius 3 is 2.02 bits per heavy atom. The molecule has 2 heterocycles. The Bertz CT molecular complexity index is 1210. The molecule has 0 spiro atoms. The minimum absolute atomic E-state index is 0.0103. The number of rotatable bonds is 6. The summed E-state index contributed by atoms with van der Waals surface area (Å²) in [5.41, 5.74) is -1.06. The molecule has 224 valence electrons. The van der Waals surface area contributed by atoms with Gasteiger partial charge in [-0.05, 0) is 67.0 Å². The van der Waals surface area contributed by atoms with Crippen molar-refractivity contribution >= 4 is 11.8 Å². The molecule has 0 bridgehead atoms. The lowest BCUT2D eigenvalue weighted by Crippen LogP contribution is -2.47. The number of alkyl halides is 6. The topological polar surface area (TPSA) is 49.9 Å². The fourth-order valence-electron chi connectivity index (χ4n) is 5.80. The monoisotopic (exact) mass is 584 g/mol. The van der Waals surface area contributed by atoms with Crippen LogP contribution >= 0.6 is 0 Å². The lowest BCUT2D eigenvalue weighted by Gasteiger charge is -2.40. The van der Waals surface area contributed by atoms with Gasteiger partial charge in [-0.2, -0.15) is 26.3 Å². The first kappa shape index (κ1) is 30.9. The number of likely N-dealkylation sites (tertiary alicyclic amines) is 2. The van der Waals surface area contributed by atoms with E-state index in [1.165, 1.54) is 6.92 Å². The van der Waals surface area contributed by atoms with Crippen LogP contribution in [0.3, 0.4) is 0 Å². The lowest BCUT2D eigenvalue weighted by molar-refractivity contribution is -0.144. The molecule has 0 N–H and O–H groups in total. The quantitative estimate of drug-likeness (QED) is 0.361. The van der Waals surface area contributed by atoms with Crippen molar-refractivity contribution in [2.24, 2.45) is 5.92 Å². The standard InChI is InChI=1S/C30H34F6N2O3/c1-19-5-3-4-6-25(19)26-9-12-38(28(40)15-21-7-10-37(11-8-21)20(2)39)17-27(26)41-18-22-13-23(29(31,32)33)16-24(14-22)30(34,35)36/h3-6,13-14,16,21,26-27H,7-12,15,17-18H2,1-2H3/t26-,27-/m0/s1. The third-order valence-electron chi connectivity index (χ3n) is 8.13. The number of ether oxygens (including phenoxy) is 1. The number of carbonyl (C=O) groups is 2. The summed E-state index contributed by atoms with van der Waals surface area (Å²) in [6.07, 6.45) is -8.22. The summed E-state index contributed by atoms with van der Waals surface area (Å²) in [6, 6.07) is 9.07. The molecule has 0 aliphatic carbocycles. The summed E-state index contributed by atoms with van der Waals surface area (Å²) in [5, 5.41) is 0. The molecule has 2 aromatic rings. The van der Waals surface area contributed by atoms with E-state index < -0.39 is 36.2 Å². The van der Waals surface area contributed by atoms with Crippen LogP contribution in [0.4, 0.5) is 26.3 Å². The smallest absolute Gasteiger partial charge is 0.371 e. The average Bonchev–Trinajstić information content (AvgIpc) is 2.91. The summed E-state index contributed by atoms with van der Waals surface area (Å²) in [7, 11) is 0. The molecule has 0 saturated carbocycles. The van der Waals surface area contributed by atoms with Gasteiger partial charge in [-0.25, -0.2) is 0 Å². The molecule has 2 fully saturated rings. The van der Waals surface area contributed by atoms with Gasteiger partial charge in [0.05, 0.1) is 23.8 Å². The first-order chi connectivity index (χ1) is 19.2. The van der Waals surface area contributed by atoms with E-state index in [0.29, 0.717) is 44.6 Å². The number of nitrogens with zero attached hydrogens (tertiary/aromatic N) is 2. The second-order valence-corrected chi connectivity index (χ2v) is 11.0. The largest absolute Gasteiger partial charge is 0.416 e. The van der Waals surface area contributed by atoms with Crippen LogP contribution in [0.15, 0.2) is 42.5 Å². The highest BCUT2D eigenvalue weighted by Gasteiger charge is 2.38. The van der Waals surface area contributed by atoms with Gasteiger partial charge in [0, 0.05) is 45.4 Å². The Balaban J connectivity index is 1.51. The number of carbonyl (C=O) groups excluding carboxylic acids is 2. The number of amides is 2. The first-order valence-corrected chi connectivity index (χ1v) is 13.7. The molecule has 2 aliphatic heterocycles. The molecular weight excluding hydrogens is 550 g/mol. The maximum Gasteiger partial charge on any atom is 0.416 e. The number of halogens is 6. The molecule has 2 saturated heterocycles. The highest BCUT2D eigenvalue weighted by atomic mass is 19.4. The van der Waals surface area contributed by atoms with Crippen molar-refractivity contribution in [1.82, 2.24) is 9.80 Å². The van der Waals surface area contributed by atoms with Gasteiger partial charge in [-0.15, -0.1) is 0 Å². The van der Waals surface area contributed by atoms with Crippen LogP contribution < -0.4 is 0 Å². The predicted octanol–water partition coefficient (Wildman–Crippen LogP) is 6.58. The fraction of sp³-hybridized carbons (Fsp3) is 0.533. The molecule has 0 aromatic heterocycles. The van der Waals surface area contributed by atoms with Crippen molar-refractivity contribution < 1.29 is 40.7 Å². The van der Waals surface area contributed by atoms with E-state index in [1.807, 2.05) is 31.2 Å². The Morgan fingerprint density at radius 1 is 0.878 bits per heavy atom. The van der Waals surface area contributed by atoms with E-state index in [0.717, 1.165) is 24.0 Å². The van der Waals surface area contributed by atoms with Crippen molar-refractivity contribution in [3.8, 4) is 0 Å². The van der Waals surface area contributed by atoms with Crippen molar-refractivity contribution in [3.05, 3.63) is 70.3 Å². The molecule has 2 aliphatic rings. The maximum atomic E-state index is 13.4.